The lowest BCUT2D eigenvalue weighted by molar-refractivity contribution is -0.132. The maximum atomic E-state index is 12.0. The number of likely N-dealkylation sites (N-methyl/N-ethyl adjacent to an activating group) is 1. The summed E-state index contributed by atoms with van der Waals surface area (Å²) < 4.78 is 1.57. The van der Waals surface area contributed by atoms with Crippen molar-refractivity contribution < 1.29 is 4.79 Å². The summed E-state index contributed by atoms with van der Waals surface area (Å²) in [6.07, 6.45) is 5.20. The molecule has 1 aliphatic heterocycles. The predicted octanol–water partition coefficient (Wildman–Crippen LogP) is -0.512. The van der Waals surface area contributed by atoms with Crippen molar-refractivity contribution in [2.45, 2.75) is 25.4 Å². The molecule has 0 saturated carbocycles. The van der Waals surface area contributed by atoms with Gasteiger partial charge in [-0.25, -0.2) is 9.67 Å². The third-order valence-electron chi connectivity index (χ3n) is 2.90. The van der Waals surface area contributed by atoms with Crippen LogP contribution in [0.3, 0.4) is 0 Å². The fourth-order valence-corrected chi connectivity index (χ4v) is 2.16. The summed E-state index contributed by atoms with van der Waals surface area (Å²) in [5, 5.41) is 7.07. The van der Waals surface area contributed by atoms with Crippen molar-refractivity contribution in [2.75, 3.05) is 20.1 Å². The minimum atomic E-state index is 0.128. The fraction of sp³-hybridized carbons (Fsp3) is 0.700. The zero-order chi connectivity index (χ0) is 11.4. The van der Waals surface area contributed by atoms with Gasteiger partial charge >= 0.3 is 0 Å². The van der Waals surface area contributed by atoms with Crippen LogP contribution in [0.1, 0.15) is 12.8 Å². The summed E-state index contributed by atoms with van der Waals surface area (Å²) in [6.45, 7) is 2.02. The molecule has 1 fully saturated rings. The van der Waals surface area contributed by atoms with Crippen molar-refractivity contribution in [1.82, 2.24) is 25.0 Å². The van der Waals surface area contributed by atoms with Gasteiger partial charge in [-0.1, -0.05) is 0 Å². The number of hydrogen-bond donors (Lipinski definition) is 1. The zero-order valence-corrected chi connectivity index (χ0v) is 9.46. The molecule has 6 nitrogen and oxygen atoms in total. The van der Waals surface area contributed by atoms with E-state index in [1.165, 1.54) is 6.33 Å². The van der Waals surface area contributed by atoms with Gasteiger partial charge in [0, 0.05) is 19.1 Å². The molecule has 1 unspecified atom stereocenters. The number of likely N-dealkylation sites (tertiary alicyclic amines) is 1. The summed E-state index contributed by atoms with van der Waals surface area (Å²) in [6, 6.07) is 0.334. The summed E-state index contributed by atoms with van der Waals surface area (Å²) in [4.78, 5) is 17.8. The van der Waals surface area contributed by atoms with Crippen molar-refractivity contribution in [1.29, 1.82) is 0 Å². The van der Waals surface area contributed by atoms with Crippen molar-refractivity contribution in [3.63, 3.8) is 0 Å². The molecule has 0 radical (unpaired) electrons. The molecule has 6 heteroatoms. The first-order valence-electron chi connectivity index (χ1n) is 5.57. The van der Waals surface area contributed by atoms with Crippen molar-refractivity contribution in [3.8, 4) is 0 Å². The van der Waals surface area contributed by atoms with Gasteiger partial charge in [-0.15, -0.1) is 0 Å². The van der Waals surface area contributed by atoms with E-state index in [2.05, 4.69) is 15.4 Å². The van der Waals surface area contributed by atoms with Gasteiger partial charge in [0.1, 0.15) is 19.2 Å². The lowest BCUT2D eigenvalue weighted by atomic mass is 10.2. The highest BCUT2D eigenvalue weighted by Crippen LogP contribution is 2.16. The summed E-state index contributed by atoms with van der Waals surface area (Å²) in [5.41, 5.74) is 0. The first-order chi connectivity index (χ1) is 7.81. The van der Waals surface area contributed by atoms with Gasteiger partial charge < -0.3 is 10.2 Å². The van der Waals surface area contributed by atoms with E-state index in [4.69, 9.17) is 0 Å². The Hall–Kier alpha value is -1.43. The van der Waals surface area contributed by atoms with E-state index >= 15 is 0 Å². The Bertz CT molecular complexity index is 337. The third kappa shape index (κ3) is 2.38. The molecular weight excluding hydrogens is 206 g/mol. The van der Waals surface area contributed by atoms with Gasteiger partial charge in [-0.3, -0.25) is 4.79 Å². The van der Waals surface area contributed by atoms with Crippen molar-refractivity contribution in [3.05, 3.63) is 12.7 Å². The highest BCUT2D eigenvalue weighted by molar-refractivity contribution is 5.76. The van der Waals surface area contributed by atoms with Gasteiger partial charge in [-0.05, 0) is 19.9 Å². The van der Waals surface area contributed by atoms with Crippen LogP contribution in [0, 0.1) is 0 Å². The molecule has 0 bridgehead atoms. The molecular formula is C10H17N5O. The quantitative estimate of drug-likeness (QED) is 0.746. The maximum Gasteiger partial charge on any atom is 0.244 e. The first-order valence-corrected chi connectivity index (χ1v) is 5.57. The Balaban J connectivity index is 1.93. The maximum absolute atomic E-state index is 12.0. The molecule has 1 N–H and O–H groups in total. The molecule has 16 heavy (non-hydrogen) atoms. The second-order valence-corrected chi connectivity index (χ2v) is 4.03. The average Bonchev–Trinajstić information content (AvgIpc) is 2.89. The summed E-state index contributed by atoms with van der Waals surface area (Å²) >= 11 is 0. The number of rotatable bonds is 4. The highest BCUT2D eigenvalue weighted by atomic mass is 16.2. The second-order valence-electron chi connectivity index (χ2n) is 4.03. The summed E-state index contributed by atoms with van der Waals surface area (Å²) in [7, 11) is 1.92. The molecule has 1 aromatic rings. The molecule has 1 saturated heterocycles. The number of nitrogens with zero attached hydrogens (tertiary/aromatic N) is 4. The van der Waals surface area contributed by atoms with E-state index in [1.807, 2.05) is 11.9 Å². The molecule has 88 valence electrons. The predicted molar refractivity (Wildman–Crippen MR) is 58.7 cm³/mol. The number of carbonyl (C=O) groups is 1. The second kappa shape index (κ2) is 5.07. The molecule has 1 aromatic heterocycles. The van der Waals surface area contributed by atoms with Crippen LogP contribution in [0.2, 0.25) is 0 Å². The number of hydrogen-bond acceptors (Lipinski definition) is 4. The summed E-state index contributed by atoms with van der Waals surface area (Å²) in [5.74, 6) is 0.128. The van der Waals surface area contributed by atoms with E-state index in [-0.39, 0.29) is 5.91 Å². The molecule has 0 aromatic carbocycles. The minimum Gasteiger partial charge on any atom is -0.337 e. The topological polar surface area (TPSA) is 63.1 Å². The van der Waals surface area contributed by atoms with E-state index in [1.54, 1.807) is 11.0 Å². The number of aromatic nitrogens is 3. The Morgan fingerprint density at radius 2 is 2.50 bits per heavy atom. The van der Waals surface area contributed by atoms with Gasteiger partial charge in [0.15, 0.2) is 0 Å². The highest BCUT2D eigenvalue weighted by Gasteiger charge is 2.27. The lowest BCUT2D eigenvalue weighted by Gasteiger charge is -2.24. The van der Waals surface area contributed by atoms with Crippen LogP contribution in [0.25, 0.3) is 0 Å². The van der Waals surface area contributed by atoms with Crippen molar-refractivity contribution >= 4 is 5.91 Å². The zero-order valence-electron chi connectivity index (χ0n) is 9.46. The Morgan fingerprint density at radius 3 is 3.19 bits per heavy atom. The number of amides is 1. The molecule has 0 spiro atoms. The van der Waals surface area contributed by atoms with Gasteiger partial charge in [0.05, 0.1) is 0 Å². The van der Waals surface area contributed by atoms with E-state index < -0.39 is 0 Å². The van der Waals surface area contributed by atoms with Crippen LogP contribution in [0.4, 0.5) is 0 Å². The first kappa shape index (κ1) is 11.1. The van der Waals surface area contributed by atoms with Crippen LogP contribution < -0.4 is 5.32 Å². The number of nitrogens with one attached hydrogen (secondary N) is 1. The van der Waals surface area contributed by atoms with Crippen LogP contribution in [0.15, 0.2) is 12.7 Å². The fourth-order valence-electron chi connectivity index (χ4n) is 2.16. The lowest BCUT2D eigenvalue weighted by Crippen LogP contribution is -2.42. The van der Waals surface area contributed by atoms with E-state index in [9.17, 15) is 4.79 Å². The minimum absolute atomic E-state index is 0.128. The van der Waals surface area contributed by atoms with Crippen LogP contribution in [0.5, 0.6) is 0 Å². The van der Waals surface area contributed by atoms with E-state index in [0.717, 1.165) is 25.9 Å². The Kier molecular flexibility index (Phi) is 3.51. The van der Waals surface area contributed by atoms with Crippen molar-refractivity contribution in [2.24, 2.45) is 0 Å². The Labute approximate surface area is 94.6 Å². The SMILES string of the molecule is CNCC1CCCN1C(=O)Cn1cncn1. The van der Waals surface area contributed by atoms with Gasteiger partial charge in [0.2, 0.25) is 5.91 Å². The van der Waals surface area contributed by atoms with Crippen LogP contribution in [-0.4, -0.2) is 51.8 Å². The van der Waals surface area contributed by atoms with E-state index in [0.29, 0.717) is 12.6 Å². The standard InChI is InChI=1S/C10H17N5O/c1-11-5-9-3-2-4-15(9)10(16)6-14-8-12-7-13-14/h7-9,11H,2-6H2,1H3. The molecule has 1 atom stereocenters. The third-order valence-corrected chi connectivity index (χ3v) is 2.90. The Morgan fingerprint density at radius 1 is 1.62 bits per heavy atom. The smallest absolute Gasteiger partial charge is 0.244 e. The van der Waals surface area contributed by atoms with Gasteiger partial charge in [0.25, 0.3) is 0 Å². The van der Waals surface area contributed by atoms with Gasteiger partial charge in [-0.2, -0.15) is 5.10 Å². The molecule has 2 heterocycles. The normalized spacial score (nSPS) is 20.3. The molecule has 2 rings (SSSR count). The number of carbonyl (C=O) groups excluding carboxylic acids is 1. The van der Waals surface area contributed by atoms with Crippen LogP contribution >= 0.6 is 0 Å². The molecule has 0 aliphatic carbocycles. The molecule has 1 aliphatic rings. The largest absolute Gasteiger partial charge is 0.337 e. The van der Waals surface area contributed by atoms with Crippen LogP contribution in [-0.2, 0) is 11.3 Å². The monoisotopic (exact) mass is 223 g/mol. The molecule has 1 amide bonds. The average molecular weight is 223 g/mol.